The maximum absolute atomic E-state index is 13.4. The smallest absolute Gasteiger partial charge is 0.405 e. The van der Waals surface area contributed by atoms with E-state index in [0.29, 0.717) is 11.5 Å². The average molecular weight is 264 g/mol. The lowest BCUT2D eigenvalue weighted by Crippen LogP contribution is -2.44. The number of carboxylic acid groups (broad SMARTS) is 1. The number of amides is 1. The highest BCUT2D eigenvalue weighted by molar-refractivity contribution is 5.67. The molecule has 1 aromatic carbocycles. The van der Waals surface area contributed by atoms with E-state index in [2.05, 4.69) is 10.6 Å². The predicted octanol–water partition coefficient (Wildman–Crippen LogP) is 2.97. The lowest BCUT2D eigenvalue weighted by Gasteiger charge is -2.39. The van der Waals surface area contributed by atoms with Crippen molar-refractivity contribution in [2.75, 3.05) is 5.32 Å². The third-order valence-electron chi connectivity index (χ3n) is 4.17. The Labute approximate surface area is 111 Å². The van der Waals surface area contributed by atoms with Crippen molar-refractivity contribution in [2.45, 2.75) is 31.8 Å². The number of nitrogens with one attached hydrogen (secondary N) is 2. The summed E-state index contributed by atoms with van der Waals surface area (Å²) < 4.78 is 13.4. The van der Waals surface area contributed by atoms with Crippen molar-refractivity contribution in [1.29, 1.82) is 0 Å². The molecule has 4 nitrogen and oxygen atoms in total. The molecule has 3 N–H and O–H groups in total. The summed E-state index contributed by atoms with van der Waals surface area (Å²) >= 11 is 0. The fraction of sp³-hybridized carbons (Fsp3) is 0.500. The number of hydrogen-bond acceptors (Lipinski definition) is 2. The van der Waals surface area contributed by atoms with Crippen LogP contribution in [-0.4, -0.2) is 17.2 Å². The summed E-state index contributed by atoms with van der Waals surface area (Å²) in [5.74, 6) is 0.374. The predicted molar refractivity (Wildman–Crippen MR) is 69.6 cm³/mol. The SMILES string of the molecule is C[C@@H]1[C@@H](NC(=O)O)c2cc(F)ccc2N[C@H]1C1CC1. The van der Waals surface area contributed by atoms with Crippen molar-refractivity contribution in [2.24, 2.45) is 11.8 Å². The van der Waals surface area contributed by atoms with E-state index in [1.807, 2.05) is 6.92 Å². The Morgan fingerprint density at radius 1 is 1.47 bits per heavy atom. The van der Waals surface area contributed by atoms with Crippen LogP contribution in [0, 0.1) is 17.7 Å². The number of benzene rings is 1. The van der Waals surface area contributed by atoms with Crippen LogP contribution in [-0.2, 0) is 0 Å². The Kier molecular flexibility index (Phi) is 2.84. The molecule has 0 spiro atoms. The first-order valence-corrected chi connectivity index (χ1v) is 6.61. The van der Waals surface area contributed by atoms with Gasteiger partial charge in [0, 0.05) is 23.2 Å². The summed E-state index contributed by atoms with van der Waals surface area (Å²) in [6.07, 6.45) is 1.29. The minimum Gasteiger partial charge on any atom is -0.465 e. The zero-order valence-electron chi connectivity index (χ0n) is 10.7. The minimum absolute atomic E-state index is 0.109. The molecule has 0 radical (unpaired) electrons. The Morgan fingerprint density at radius 3 is 2.84 bits per heavy atom. The number of anilines is 1. The zero-order chi connectivity index (χ0) is 13.6. The van der Waals surface area contributed by atoms with E-state index in [-0.39, 0.29) is 23.8 Å². The third kappa shape index (κ3) is 2.25. The quantitative estimate of drug-likeness (QED) is 0.769. The number of fused-ring (bicyclic) bond motifs is 1. The van der Waals surface area contributed by atoms with E-state index in [1.54, 1.807) is 6.07 Å². The van der Waals surface area contributed by atoms with Crippen LogP contribution >= 0.6 is 0 Å². The van der Waals surface area contributed by atoms with Gasteiger partial charge in [-0.15, -0.1) is 0 Å². The van der Waals surface area contributed by atoms with E-state index in [0.717, 1.165) is 5.69 Å². The molecule has 0 aromatic heterocycles. The van der Waals surface area contributed by atoms with Crippen molar-refractivity contribution >= 4 is 11.8 Å². The van der Waals surface area contributed by atoms with Gasteiger partial charge in [-0.3, -0.25) is 0 Å². The molecule has 3 atom stereocenters. The molecule has 19 heavy (non-hydrogen) atoms. The van der Waals surface area contributed by atoms with E-state index in [9.17, 15) is 9.18 Å². The van der Waals surface area contributed by atoms with Crippen LogP contribution < -0.4 is 10.6 Å². The highest BCUT2D eigenvalue weighted by Gasteiger charge is 2.42. The fourth-order valence-corrected chi connectivity index (χ4v) is 3.07. The second-order valence-electron chi connectivity index (χ2n) is 5.53. The van der Waals surface area contributed by atoms with Crippen molar-refractivity contribution in [3.8, 4) is 0 Å². The van der Waals surface area contributed by atoms with Crippen LogP contribution in [0.2, 0.25) is 0 Å². The third-order valence-corrected chi connectivity index (χ3v) is 4.17. The van der Waals surface area contributed by atoms with E-state index in [1.165, 1.54) is 25.0 Å². The molecule has 1 aliphatic heterocycles. The summed E-state index contributed by atoms with van der Waals surface area (Å²) in [6, 6.07) is 4.43. The molecule has 1 amide bonds. The Balaban J connectivity index is 1.98. The van der Waals surface area contributed by atoms with Crippen LogP contribution in [0.25, 0.3) is 0 Å². The summed E-state index contributed by atoms with van der Waals surface area (Å²) in [4.78, 5) is 11.0. The topological polar surface area (TPSA) is 61.4 Å². The number of hydrogen-bond donors (Lipinski definition) is 3. The molecule has 102 valence electrons. The van der Waals surface area contributed by atoms with Gasteiger partial charge in [0.05, 0.1) is 6.04 Å². The Bertz CT molecular complexity index is 516. The highest BCUT2D eigenvalue weighted by atomic mass is 19.1. The molecule has 3 rings (SSSR count). The molecule has 5 heteroatoms. The Hall–Kier alpha value is -1.78. The maximum atomic E-state index is 13.4. The molecular formula is C14H17FN2O2. The monoisotopic (exact) mass is 264 g/mol. The molecule has 1 saturated carbocycles. The first-order valence-electron chi connectivity index (χ1n) is 6.61. The lowest BCUT2D eigenvalue weighted by atomic mass is 9.81. The molecular weight excluding hydrogens is 247 g/mol. The van der Waals surface area contributed by atoms with Gasteiger partial charge in [0.15, 0.2) is 0 Å². The minimum atomic E-state index is -1.07. The molecule has 1 aromatic rings. The normalized spacial score (nSPS) is 29.3. The second kappa shape index (κ2) is 4.40. The van der Waals surface area contributed by atoms with Crippen molar-refractivity contribution in [3.05, 3.63) is 29.6 Å². The molecule has 1 heterocycles. The maximum Gasteiger partial charge on any atom is 0.405 e. The average Bonchev–Trinajstić information content (AvgIpc) is 3.16. The van der Waals surface area contributed by atoms with Crippen molar-refractivity contribution in [3.63, 3.8) is 0 Å². The standard InChI is InChI=1S/C14H17FN2O2/c1-7-12(8-2-3-8)16-11-5-4-9(15)6-10(11)13(7)17-14(18)19/h4-8,12-13,16-17H,2-3H2,1H3,(H,18,19)/t7-,12+,13+/m0/s1. The zero-order valence-corrected chi connectivity index (χ0v) is 10.7. The van der Waals surface area contributed by atoms with Gasteiger partial charge in [0.25, 0.3) is 0 Å². The summed E-state index contributed by atoms with van der Waals surface area (Å²) in [5, 5.41) is 15.0. The molecule has 2 aliphatic rings. The molecule has 0 unspecified atom stereocenters. The van der Waals surface area contributed by atoms with Gasteiger partial charge in [0.1, 0.15) is 5.82 Å². The van der Waals surface area contributed by atoms with Crippen LogP contribution in [0.5, 0.6) is 0 Å². The van der Waals surface area contributed by atoms with E-state index in [4.69, 9.17) is 5.11 Å². The first-order chi connectivity index (χ1) is 9.06. The Morgan fingerprint density at radius 2 is 2.21 bits per heavy atom. The molecule has 1 fully saturated rings. The summed E-state index contributed by atoms with van der Waals surface area (Å²) in [7, 11) is 0. The number of halogens is 1. The van der Waals surface area contributed by atoms with Crippen LogP contribution in [0.15, 0.2) is 18.2 Å². The first kappa shape index (κ1) is 12.3. The van der Waals surface area contributed by atoms with Crippen LogP contribution in [0.4, 0.5) is 14.9 Å². The van der Waals surface area contributed by atoms with Crippen LogP contribution in [0.1, 0.15) is 31.4 Å². The lowest BCUT2D eigenvalue weighted by molar-refractivity contribution is 0.181. The summed E-state index contributed by atoms with van der Waals surface area (Å²) in [5.41, 5.74) is 1.54. The van der Waals surface area contributed by atoms with Crippen molar-refractivity contribution in [1.82, 2.24) is 5.32 Å². The van der Waals surface area contributed by atoms with Gasteiger partial charge in [0.2, 0.25) is 0 Å². The van der Waals surface area contributed by atoms with Gasteiger partial charge in [-0.05, 0) is 37.0 Å². The van der Waals surface area contributed by atoms with Gasteiger partial charge in [-0.1, -0.05) is 6.92 Å². The highest BCUT2D eigenvalue weighted by Crippen LogP contribution is 2.45. The number of rotatable bonds is 2. The van der Waals surface area contributed by atoms with Crippen LogP contribution in [0.3, 0.4) is 0 Å². The van der Waals surface area contributed by atoms with Gasteiger partial charge >= 0.3 is 6.09 Å². The van der Waals surface area contributed by atoms with E-state index >= 15 is 0 Å². The van der Waals surface area contributed by atoms with Crippen molar-refractivity contribution < 1.29 is 14.3 Å². The van der Waals surface area contributed by atoms with Gasteiger partial charge in [-0.25, -0.2) is 9.18 Å². The summed E-state index contributed by atoms with van der Waals surface area (Å²) in [6.45, 7) is 2.02. The van der Waals surface area contributed by atoms with E-state index < -0.39 is 6.09 Å². The molecule has 0 bridgehead atoms. The molecule has 1 aliphatic carbocycles. The van der Waals surface area contributed by atoms with Gasteiger partial charge in [-0.2, -0.15) is 0 Å². The molecule has 0 saturated heterocycles. The largest absolute Gasteiger partial charge is 0.465 e. The van der Waals surface area contributed by atoms with Gasteiger partial charge < -0.3 is 15.7 Å². The second-order valence-corrected chi connectivity index (χ2v) is 5.53. The number of carbonyl (C=O) groups is 1. The fourth-order valence-electron chi connectivity index (χ4n) is 3.07.